The number of aromatic nitrogens is 1. The first-order chi connectivity index (χ1) is 9.74. The van der Waals surface area contributed by atoms with Gasteiger partial charge in [0, 0.05) is 29.4 Å². The first-order valence-electron chi connectivity index (χ1n) is 6.10. The van der Waals surface area contributed by atoms with Crippen molar-refractivity contribution in [2.45, 2.75) is 0 Å². The third-order valence-electron chi connectivity index (χ3n) is 2.94. The highest BCUT2D eigenvalue weighted by Crippen LogP contribution is 2.26. The largest absolute Gasteiger partial charge is 0.506 e. The van der Waals surface area contributed by atoms with E-state index in [9.17, 15) is 9.50 Å². The maximum absolute atomic E-state index is 13.1. The summed E-state index contributed by atoms with van der Waals surface area (Å²) in [6.07, 6.45) is 3.28. The van der Waals surface area contributed by atoms with Gasteiger partial charge in [-0.05, 0) is 18.2 Å². The monoisotopic (exact) mass is 266 g/mol. The van der Waals surface area contributed by atoms with Crippen molar-refractivity contribution in [2.75, 3.05) is 0 Å². The van der Waals surface area contributed by atoms with Crippen LogP contribution in [0.5, 0.6) is 5.75 Å². The third kappa shape index (κ3) is 2.36. The number of halogens is 1. The molecule has 2 aromatic carbocycles. The van der Waals surface area contributed by atoms with Gasteiger partial charge >= 0.3 is 0 Å². The summed E-state index contributed by atoms with van der Waals surface area (Å²) >= 11 is 0. The van der Waals surface area contributed by atoms with Gasteiger partial charge < -0.3 is 5.11 Å². The minimum atomic E-state index is -0.439. The highest BCUT2D eigenvalue weighted by Gasteiger charge is 2.02. The summed E-state index contributed by atoms with van der Waals surface area (Å²) in [5.41, 5.74) is 1.82. The van der Waals surface area contributed by atoms with E-state index in [0.717, 1.165) is 16.5 Å². The number of aromatic hydroxyl groups is 1. The molecular weight excluding hydrogens is 255 g/mol. The number of nitrogens with zero attached hydrogens (tertiary/aromatic N) is 2. The molecule has 0 spiro atoms. The molecule has 0 radical (unpaired) electrons. The SMILES string of the molecule is Oc1ccc(F)cc1N=Cc1cccc2cccnc12. The molecule has 3 nitrogen and oxygen atoms in total. The fourth-order valence-corrected chi connectivity index (χ4v) is 1.97. The Bertz CT molecular complexity index is 794. The third-order valence-corrected chi connectivity index (χ3v) is 2.94. The van der Waals surface area contributed by atoms with Crippen molar-refractivity contribution in [3.05, 3.63) is 66.1 Å². The molecule has 3 rings (SSSR count). The van der Waals surface area contributed by atoms with Gasteiger partial charge in [0.25, 0.3) is 0 Å². The Labute approximate surface area is 115 Å². The number of fused-ring (bicyclic) bond motifs is 1. The minimum absolute atomic E-state index is 0.0594. The van der Waals surface area contributed by atoms with E-state index in [1.54, 1.807) is 12.4 Å². The standard InChI is InChI=1S/C16H11FN2O/c17-13-6-7-15(20)14(9-13)19-10-12-4-1-3-11-5-2-8-18-16(11)12/h1-10,20H. The number of para-hydroxylation sites is 1. The molecule has 0 bridgehead atoms. The van der Waals surface area contributed by atoms with Crippen molar-refractivity contribution in [2.24, 2.45) is 4.99 Å². The molecule has 20 heavy (non-hydrogen) atoms. The minimum Gasteiger partial charge on any atom is -0.506 e. The average Bonchev–Trinajstić information content (AvgIpc) is 2.48. The molecule has 0 fully saturated rings. The van der Waals surface area contributed by atoms with Crippen LogP contribution in [0.2, 0.25) is 0 Å². The van der Waals surface area contributed by atoms with Gasteiger partial charge in [0.1, 0.15) is 17.3 Å². The van der Waals surface area contributed by atoms with Crippen molar-refractivity contribution in [3.8, 4) is 5.75 Å². The molecule has 0 amide bonds. The van der Waals surface area contributed by atoms with E-state index in [0.29, 0.717) is 0 Å². The second-order valence-corrected chi connectivity index (χ2v) is 4.31. The summed E-state index contributed by atoms with van der Waals surface area (Å²) in [6.45, 7) is 0. The Hall–Kier alpha value is -2.75. The lowest BCUT2D eigenvalue weighted by atomic mass is 10.1. The molecule has 0 unspecified atom stereocenters. The average molecular weight is 266 g/mol. The fourth-order valence-electron chi connectivity index (χ4n) is 1.97. The molecule has 0 atom stereocenters. The predicted octanol–water partition coefficient (Wildman–Crippen LogP) is 3.83. The second-order valence-electron chi connectivity index (χ2n) is 4.31. The van der Waals surface area contributed by atoms with Crippen LogP contribution in [0, 0.1) is 5.82 Å². The summed E-state index contributed by atoms with van der Waals surface area (Å²) in [5, 5.41) is 10.6. The molecule has 1 heterocycles. The van der Waals surface area contributed by atoms with Crippen LogP contribution < -0.4 is 0 Å². The molecule has 0 aliphatic heterocycles. The second kappa shape index (κ2) is 5.09. The molecule has 3 aromatic rings. The molecule has 0 aliphatic rings. The van der Waals surface area contributed by atoms with Crippen LogP contribution in [-0.4, -0.2) is 16.3 Å². The van der Waals surface area contributed by atoms with Gasteiger partial charge in [0.15, 0.2) is 0 Å². The van der Waals surface area contributed by atoms with Gasteiger partial charge in [-0.3, -0.25) is 9.98 Å². The van der Waals surface area contributed by atoms with E-state index >= 15 is 0 Å². The van der Waals surface area contributed by atoms with E-state index in [1.165, 1.54) is 18.2 Å². The van der Waals surface area contributed by atoms with Crippen molar-refractivity contribution in [3.63, 3.8) is 0 Å². The van der Waals surface area contributed by atoms with Crippen molar-refractivity contribution in [1.29, 1.82) is 0 Å². The van der Waals surface area contributed by atoms with Gasteiger partial charge in [0.05, 0.1) is 5.52 Å². The summed E-state index contributed by atoms with van der Waals surface area (Å²) in [6, 6.07) is 13.2. The molecular formula is C16H11FN2O. The lowest BCUT2D eigenvalue weighted by molar-refractivity contribution is 0.475. The zero-order chi connectivity index (χ0) is 13.9. The molecule has 0 saturated carbocycles. The number of phenolic OH excluding ortho intramolecular Hbond substituents is 1. The molecule has 1 N–H and O–H groups in total. The van der Waals surface area contributed by atoms with E-state index in [1.807, 2.05) is 30.3 Å². The fraction of sp³-hybridized carbons (Fsp3) is 0. The Morgan fingerprint density at radius 3 is 2.85 bits per heavy atom. The van der Waals surface area contributed by atoms with Gasteiger partial charge in [-0.25, -0.2) is 4.39 Å². The van der Waals surface area contributed by atoms with E-state index in [4.69, 9.17) is 0 Å². The lowest BCUT2D eigenvalue weighted by Crippen LogP contribution is -1.87. The molecule has 98 valence electrons. The van der Waals surface area contributed by atoms with Gasteiger partial charge in [-0.2, -0.15) is 0 Å². The Balaban J connectivity index is 2.05. The van der Waals surface area contributed by atoms with Crippen LogP contribution in [0.3, 0.4) is 0 Å². The van der Waals surface area contributed by atoms with Crippen molar-refractivity contribution < 1.29 is 9.50 Å². The van der Waals surface area contributed by atoms with Crippen LogP contribution in [0.15, 0.2) is 59.7 Å². The Morgan fingerprint density at radius 2 is 1.95 bits per heavy atom. The smallest absolute Gasteiger partial charge is 0.141 e. The molecule has 0 aliphatic carbocycles. The summed E-state index contributed by atoms with van der Waals surface area (Å²) in [5.74, 6) is -0.498. The first kappa shape index (κ1) is 12.3. The Morgan fingerprint density at radius 1 is 1.10 bits per heavy atom. The van der Waals surface area contributed by atoms with Gasteiger partial charge in [0.2, 0.25) is 0 Å². The number of hydrogen-bond acceptors (Lipinski definition) is 3. The molecule has 4 heteroatoms. The zero-order valence-electron chi connectivity index (χ0n) is 10.5. The highest BCUT2D eigenvalue weighted by molar-refractivity contribution is 5.98. The zero-order valence-corrected chi connectivity index (χ0v) is 10.5. The van der Waals surface area contributed by atoms with Crippen LogP contribution in [-0.2, 0) is 0 Å². The van der Waals surface area contributed by atoms with Crippen LogP contribution in [0.25, 0.3) is 10.9 Å². The number of benzene rings is 2. The highest BCUT2D eigenvalue weighted by atomic mass is 19.1. The lowest BCUT2D eigenvalue weighted by Gasteiger charge is -2.01. The van der Waals surface area contributed by atoms with Gasteiger partial charge in [-0.1, -0.05) is 24.3 Å². The first-order valence-corrected chi connectivity index (χ1v) is 6.10. The Kier molecular flexibility index (Phi) is 3.13. The van der Waals surface area contributed by atoms with Crippen molar-refractivity contribution in [1.82, 2.24) is 4.98 Å². The predicted molar refractivity (Wildman–Crippen MR) is 77.1 cm³/mol. The molecule has 1 aromatic heterocycles. The summed E-state index contributed by atoms with van der Waals surface area (Å²) in [7, 11) is 0. The normalized spacial score (nSPS) is 11.2. The molecule has 0 saturated heterocycles. The summed E-state index contributed by atoms with van der Waals surface area (Å²) in [4.78, 5) is 8.44. The van der Waals surface area contributed by atoms with Gasteiger partial charge in [-0.15, -0.1) is 0 Å². The summed E-state index contributed by atoms with van der Waals surface area (Å²) < 4.78 is 13.1. The number of aliphatic imine (C=N–C) groups is 1. The quantitative estimate of drug-likeness (QED) is 0.716. The number of phenols is 1. The van der Waals surface area contributed by atoms with Crippen LogP contribution in [0.1, 0.15) is 5.56 Å². The van der Waals surface area contributed by atoms with Crippen LogP contribution in [0.4, 0.5) is 10.1 Å². The maximum atomic E-state index is 13.1. The number of hydrogen-bond donors (Lipinski definition) is 1. The maximum Gasteiger partial charge on any atom is 0.141 e. The van der Waals surface area contributed by atoms with E-state index in [2.05, 4.69) is 9.98 Å². The topological polar surface area (TPSA) is 45.5 Å². The van der Waals surface area contributed by atoms with E-state index in [-0.39, 0.29) is 11.4 Å². The van der Waals surface area contributed by atoms with E-state index < -0.39 is 5.82 Å². The van der Waals surface area contributed by atoms with Crippen molar-refractivity contribution >= 4 is 22.8 Å². The van der Waals surface area contributed by atoms with Crippen LogP contribution >= 0.6 is 0 Å². The number of rotatable bonds is 2. The number of pyridine rings is 1.